The molecule has 2 aromatic rings. The summed E-state index contributed by atoms with van der Waals surface area (Å²) in [4.78, 5) is 37.8. The van der Waals surface area contributed by atoms with Crippen molar-refractivity contribution in [1.29, 1.82) is 0 Å². The van der Waals surface area contributed by atoms with Crippen LogP contribution in [-0.4, -0.2) is 36.4 Å². The van der Waals surface area contributed by atoms with Crippen LogP contribution in [0.25, 0.3) is 0 Å². The highest BCUT2D eigenvalue weighted by Gasteiger charge is 2.26. The lowest BCUT2D eigenvalue weighted by atomic mass is 10.0. The molecule has 0 bridgehead atoms. The van der Waals surface area contributed by atoms with E-state index < -0.39 is 6.04 Å². The molecule has 0 radical (unpaired) electrons. The lowest BCUT2D eigenvalue weighted by Gasteiger charge is -2.22. The number of anilines is 1. The molecule has 1 fully saturated rings. The maximum Gasteiger partial charge on any atom is 0.251 e. The molecule has 0 aliphatic heterocycles. The molecule has 1 atom stereocenters. The molecule has 0 unspecified atom stereocenters. The third-order valence-corrected chi connectivity index (χ3v) is 4.97. The Morgan fingerprint density at radius 2 is 1.71 bits per heavy atom. The van der Waals surface area contributed by atoms with Gasteiger partial charge >= 0.3 is 0 Å². The van der Waals surface area contributed by atoms with E-state index in [9.17, 15) is 14.4 Å². The van der Waals surface area contributed by atoms with Gasteiger partial charge in [-0.2, -0.15) is 0 Å². The molecule has 3 rings (SSSR count). The van der Waals surface area contributed by atoms with Gasteiger partial charge in [-0.25, -0.2) is 0 Å². The molecule has 7 nitrogen and oxygen atoms in total. The van der Waals surface area contributed by atoms with Gasteiger partial charge in [0.25, 0.3) is 11.8 Å². The van der Waals surface area contributed by atoms with Crippen LogP contribution in [0.4, 0.5) is 5.69 Å². The van der Waals surface area contributed by atoms with E-state index in [2.05, 4.69) is 16.0 Å². The molecule has 2 aromatic carbocycles. The van der Waals surface area contributed by atoms with Crippen LogP contribution in [0.3, 0.4) is 0 Å². The average molecular weight is 424 g/mol. The summed E-state index contributed by atoms with van der Waals surface area (Å²) in [6, 6.07) is 13.1. The fraction of sp³-hybridized carbons (Fsp3) is 0.375. The van der Waals surface area contributed by atoms with Crippen LogP contribution in [0.1, 0.15) is 54.3 Å². The van der Waals surface area contributed by atoms with E-state index >= 15 is 0 Å². The van der Waals surface area contributed by atoms with Crippen LogP contribution in [0.5, 0.6) is 5.75 Å². The molecule has 0 aromatic heterocycles. The molecule has 0 heterocycles. The van der Waals surface area contributed by atoms with E-state index in [4.69, 9.17) is 4.74 Å². The van der Waals surface area contributed by atoms with E-state index in [1.54, 1.807) is 48.5 Å². The number of hydrogen-bond donors (Lipinski definition) is 3. The fourth-order valence-electron chi connectivity index (χ4n) is 3.08. The molecule has 1 aliphatic rings. The normalized spacial score (nSPS) is 13.9. The Morgan fingerprint density at radius 3 is 2.32 bits per heavy atom. The number of carbonyl (C=O) groups excluding carboxylic acids is 3. The molecule has 3 N–H and O–H groups in total. The van der Waals surface area contributed by atoms with E-state index in [1.807, 2.05) is 20.8 Å². The van der Waals surface area contributed by atoms with Gasteiger partial charge in [-0.15, -0.1) is 0 Å². The Kier molecular flexibility index (Phi) is 7.28. The Balaban J connectivity index is 1.64. The first-order valence-electron chi connectivity index (χ1n) is 10.6. The minimum Gasteiger partial charge on any atom is -0.494 e. The number of amides is 3. The predicted octanol–water partition coefficient (Wildman–Crippen LogP) is 3.37. The summed E-state index contributed by atoms with van der Waals surface area (Å²) in [6.07, 6.45) is 2.01. The summed E-state index contributed by atoms with van der Waals surface area (Å²) < 4.78 is 5.39. The first kappa shape index (κ1) is 22.3. The van der Waals surface area contributed by atoms with Crippen molar-refractivity contribution in [2.24, 2.45) is 5.92 Å². The second kappa shape index (κ2) is 10.1. The van der Waals surface area contributed by atoms with Crippen molar-refractivity contribution in [1.82, 2.24) is 10.6 Å². The third-order valence-electron chi connectivity index (χ3n) is 4.97. The number of nitrogens with one attached hydrogen (secondary N) is 3. The monoisotopic (exact) mass is 423 g/mol. The number of hydrogen-bond acceptors (Lipinski definition) is 4. The summed E-state index contributed by atoms with van der Waals surface area (Å²) >= 11 is 0. The summed E-state index contributed by atoms with van der Waals surface area (Å²) in [5, 5.41) is 8.55. The van der Waals surface area contributed by atoms with Gasteiger partial charge < -0.3 is 20.7 Å². The summed E-state index contributed by atoms with van der Waals surface area (Å²) in [5.41, 5.74) is 1.44. The van der Waals surface area contributed by atoms with Crippen molar-refractivity contribution < 1.29 is 19.1 Å². The molecular weight excluding hydrogens is 394 g/mol. The topological polar surface area (TPSA) is 96.5 Å². The maximum absolute atomic E-state index is 12.9. The summed E-state index contributed by atoms with van der Waals surface area (Å²) in [5.74, 6) is -0.276. The first-order valence-corrected chi connectivity index (χ1v) is 10.6. The second-order valence-electron chi connectivity index (χ2n) is 7.97. The van der Waals surface area contributed by atoms with Crippen molar-refractivity contribution in [2.75, 3.05) is 11.9 Å². The Morgan fingerprint density at radius 1 is 1.00 bits per heavy atom. The second-order valence-corrected chi connectivity index (χ2v) is 7.97. The molecule has 164 valence electrons. The number of ether oxygens (including phenoxy) is 1. The molecule has 1 aliphatic carbocycles. The third kappa shape index (κ3) is 6.31. The molecular formula is C24H29N3O4. The number of benzene rings is 2. The number of carbonyl (C=O) groups is 3. The smallest absolute Gasteiger partial charge is 0.251 e. The van der Waals surface area contributed by atoms with Gasteiger partial charge in [0, 0.05) is 22.9 Å². The van der Waals surface area contributed by atoms with Gasteiger partial charge in [0.15, 0.2) is 0 Å². The molecule has 7 heteroatoms. The molecule has 3 amide bonds. The minimum atomic E-state index is -0.733. The Labute approximate surface area is 182 Å². The van der Waals surface area contributed by atoms with Crippen molar-refractivity contribution in [3.63, 3.8) is 0 Å². The van der Waals surface area contributed by atoms with Crippen molar-refractivity contribution in [3.05, 3.63) is 59.7 Å². The van der Waals surface area contributed by atoms with Gasteiger partial charge in [0.2, 0.25) is 5.91 Å². The van der Waals surface area contributed by atoms with Gasteiger partial charge in [0.1, 0.15) is 11.8 Å². The standard InChI is InChI=1S/C24H29N3O4/c1-4-31-20-12-8-16(9-13-20)22(28)27-21(15(2)3)24(30)26-19-7-5-6-17(14-19)23(29)25-18-10-11-18/h5-9,12-15,18,21H,4,10-11H2,1-3H3,(H,25,29)(H,26,30)(H,27,28)/t21-/m0/s1. The zero-order valence-corrected chi connectivity index (χ0v) is 18.1. The van der Waals surface area contributed by atoms with E-state index in [1.165, 1.54) is 0 Å². The quantitative estimate of drug-likeness (QED) is 0.576. The van der Waals surface area contributed by atoms with Crippen LogP contribution in [-0.2, 0) is 4.79 Å². The molecule has 1 saturated carbocycles. The molecule has 0 saturated heterocycles. The minimum absolute atomic E-state index is 0.131. The van der Waals surface area contributed by atoms with Crippen molar-refractivity contribution in [3.8, 4) is 5.75 Å². The van der Waals surface area contributed by atoms with E-state index in [-0.39, 0.29) is 29.7 Å². The van der Waals surface area contributed by atoms with Crippen LogP contribution < -0.4 is 20.7 Å². The van der Waals surface area contributed by atoms with Gasteiger partial charge in [-0.3, -0.25) is 14.4 Å². The van der Waals surface area contributed by atoms with Crippen LogP contribution >= 0.6 is 0 Å². The van der Waals surface area contributed by atoms with Gasteiger partial charge in [-0.1, -0.05) is 19.9 Å². The Bertz CT molecular complexity index is 936. The van der Waals surface area contributed by atoms with Crippen molar-refractivity contribution >= 4 is 23.4 Å². The van der Waals surface area contributed by atoms with E-state index in [0.29, 0.717) is 29.2 Å². The largest absolute Gasteiger partial charge is 0.494 e. The van der Waals surface area contributed by atoms with Gasteiger partial charge in [0.05, 0.1) is 6.61 Å². The van der Waals surface area contributed by atoms with Crippen LogP contribution in [0, 0.1) is 5.92 Å². The maximum atomic E-state index is 12.9. The number of rotatable bonds is 9. The van der Waals surface area contributed by atoms with Gasteiger partial charge in [-0.05, 0) is 68.1 Å². The highest BCUT2D eigenvalue weighted by Crippen LogP contribution is 2.20. The lowest BCUT2D eigenvalue weighted by molar-refractivity contribution is -0.118. The van der Waals surface area contributed by atoms with Crippen LogP contribution in [0.15, 0.2) is 48.5 Å². The highest BCUT2D eigenvalue weighted by atomic mass is 16.5. The first-order chi connectivity index (χ1) is 14.9. The zero-order valence-electron chi connectivity index (χ0n) is 18.1. The van der Waals surface area contributed by atoms with E-state index in [0.717, 1.165) is 12.8 Å². The van der Waals surface area contributed by atoms with Crippen molar-refractivity contribution in [2.45, 2.75) is 45.7 Å². The van der Waals surface area contributed by atoms with Crippen LogP contribution in [0.2, 0.25) is 0 Å². The summed E-state index contributed by atoms with van der Waals surface area (Å²) in [7, 11) is 0. The summed E-state index contributed by atoms with van der Waals surface area (Å²) in [6.45, 7) is 6.16. The molecule has 0 spiro atoms. The average Bonchev–Trinajstić information content (AvgIpc) is 3.56. The lowest BCUT2D eigenvalue weighted by Crippen LogP contribution is -2.47. The SMILES string of the molecule is CCOc1ccc(C(=O)N[C@H](C(=O)Nc2cccc(C(=O)NC3CC3)c2)C(C)C)cc1. The predicted molar refractivity (Wildman–Crippen MR) is 119 cm³/mol. The molecule has 31 heavy (non-hydrogen) atoms. The Hall–Kier alpha value is -3.35. The zero-order chi connectivity index (χ0) is 22.4. The highest BCUT2D eigenvalue weighted by molar-refractivity contribution is 6.02. The fourth-order valence-corrected chi connectivity index (χ4v) is 3.08.